The Labute approximate surface area is 171 Å². The van der Waals surface area contributed by atoms with Crippen molar-refractivity contribution in [2.45, 2.75) is 25.3 Å². The molecule has 0 amide bonds. The van der Waals surface area contributed by atoms with Crippen LogP contribution in [0, 0.1) is 0 Å². The Bertz CT molecular complexity index is 1100. The highest BCUT2D eigenvalue weighted by Crippen LogP contribution is 2.31. The zero-order valence-electron chi connectivity index (χ0n) is 16.7. The van der Waals surface area contributed by atoms with Crippen molar-refractivity contribution in [2.24, 2.45) is 0 Å². The summed E-state index contributed by atoms with van der Waals surface area (Å²) in [6.07, 6.45) is 5.72. The Kier molecular flexibility index (Phi) is 4.65. The van der Waals surface area contributed by atoms with Crippen molar-refractivity contribution in [3.63, 3.8) is 0 Å². The van der Waals surface area contributed by atoms with Crippen molar-refractivity contribution in [1.29, 1.82) is 0 Å². The minimum atomic E-state index is 0.356. The maximum Gasteiger partial charge on any atom is 0.262 e. The van der Waals surface area contributed by atoms with Crippen molar-refractivity contribution in [1.82, 2.24) is 4.57 Å². The fourth-order valence-electron chi connectivity index (χ4n) is 4.47. The minimum absolute atomic E-state index is 0.356. The Morgan fingerprint density at radius 1 is 0.862 bits per heavy atom. The summed E-state index contributed by atoms with van der Waals surface area (Å²) >= 11 is 0. The number of hydrogen-bond acceptors (Lipinski definition) is 1. The third-order valence-electron chi connectivity index (χ3n) is 5.86. The second-order valence-corrected chi connectivity index (χ2v) is 7.55. The Balaban J connectivity index is 1.71. The summed E-state index contributed by atoms with van der Waals surface area (Å²) in [6, 6.07) is 30.3. The van der Waals surface area contributed by atoms with Gasteiger partial charge in [0.2, 0.25) is 0 Å². The molecule has 144 valence electrons. The smallest absolute Gasteiger partial charge is 0.262 e. The van der Waals surface area contributed by atoms with Crippen molar-refractivity contribution in [3.05, 3.63) is 103 Å². The first-order valence-corrected chi connectivity index (χ1v) is 10.3. The van der Waals surface area contributed by atoms with E-state index in [9.17, 15) is 0 Å². The van der Waals surface area contributed by atoms with Gasteiger partial charge in [0.25, 0.3) is 5.82 Å². The molecule has 3 aromatic carbocycles. The van der Waals surface area contributed by atoms with Gasteiger partial charge in [-0.2, -0.15) is 4.57 Å². The van der Waals surface area contributed by atoms with Crippen LogP contribution in [0.5, 0.6) is 5.75 Å². The van der Waals surface area contributed by atoms with E-state index in [4.69, 9.17) is 4.74 Å². The average molecular weight is 381 g/mol. The third-order valence-corrected chi connectivity index (χ3v) is 5.86. The molecule has 0 saturated carbocycles. The van der Waals surface area contributed by atoms with E-state index in [1.165, 1.54) is 34.8 Å². The molecule has 1 atom stereocenters. The molecule has 29 heavy (non-hydrogen) atoms. The van der Waals surface area contributed by atoms with E-state index in [-0.39, 0.29) is 0 Å². The summed E-state index contributed by atoms with van der Waals surface area (Å²) in [6.45, 7) is 0. The summed E-state index contributed by atoms with van der Waals surface area (Å²) < 4.78 is 10.3. The zero-order chi connectivity index (χ0) is 19.6. The van der Waals surface area contributed by atoms with E-state index in [1.54, 1.807) is 7.11 Å². The van der Waals surface area contributed by atoms with Gasteiger partial charge in [-0.1, -0.05) is 60.7 Å². The highest BCUT2D eigenvalue weighted by molar-refractivity contribution is 5.56. The molecule has 1 unspecified atom stereocenters. The topological polar surface area (TPSA) is 18.0 Å². The van der Waals surface area contributed by atoms with Crippen LogP contribution in [0.2, 0.25) is 0 Å². The van der Waals surface area contributed by atoms with Crippen molar-refractivity contribution < 1.29 is 9.30 Å². The maximum absolute atomic E-state index is 5.35. The van der Waals surface area contributed by atoms with E-state index in [2.05, 4.69) is 88.1 Å². The van der Waals surface area contributed by atoms with E-state index in [0.717, 1.165) is 18.6 Å². The summed E-state index contributed by atoms with van der Waals surface area (Å²) in [5.41, 5.74) is 5.07. The van der Waals surface area contributed by atoms with Crippen molar-refractivity contribution in [2.75, 3.05) is 7.11 Å². The van der Waals surface area contributed by atoms with Gasteiger partial charge in [-0.3, -0.25) is 0 Å². The monoisotopic (exact) mass is 381 g/mol. The molecule has 2 heterocycles. The van der Waals surface area contributed by atoms with Gasteiger partial charge in [0, 0.05) is 12.0 Å². The van der Waals surface area contributed by atoms with Crippen LogP contribution in [0.1, 0.15) is 30.3 Å². The largest absolute Gasteiger partial charge is 0.497 e. The number of nitrogens with zero attached hydrogens (tertiary/aromatic N) is 2. The summed E-state index contributed by atoms with van der Waals surface area (Å²) in [5, 5.41) is 0. The quantitative estimate of drug-likeness (QED) is 0.435. The number of hydrogen-bond donors (Lipinski definition) is 0. The molecule has 0 bridgehead atoms. The molecular weight excluding hydrogens is 356 g/mol. The number of imidazole rings is 1. The summed E-state index contributed by atoms with van der Waals surface area (Å²) in [4.78, 5) is 0. The second-order valence-electron chi connectivity index (χ2n) is 7.55. The van der Waals surface area contributed by atoms with E-state index in [1.807, 2.05) is 12.1 Å². The van der Waals surface area contributed by atoms with Crippen LogP contribution in [-0.2, 0) is 6.42 Å². The highest BCUT2D eigenvalue weighted by Gasteiger charge is 2.35. The molecule has 0 spiro atoms. The predicted octanol–water partition coefficient (Wildman–Crippen LogP) is 5.37. The Morgan fingerprint density at radius 2 is 1.55 bits per heavy atom. The lowest BCUT2D eigenvalue weighted by Crippen LogP contribution is -2.47. The first-order valence-electron chi connectivity index (χ1n) is 10.3. The van der Waals surface area contributed by atoms with E-state index < -0.39 is 0 Å². The van der Waals surface area contributed by atoms with Gasteiger partial charge in [0.15, 0.2) is 5.69 Å². The first kappa shape index (κ1) is 17.7. The molecule has 1 aromatic heterocycles. The molecule has 0 fully saturated rings. The fraction of sp³-hybridized carbons (Fsp3) is 0.192. The molecule has 3 nitrogen and oxygen atoms in total. The van der Waals surface area contributed by atoms with Gasteiger partial charge in [-0.25, -0.2) is 4.57 Å². The molecular formula is C26H25N2O+. The van der Waals surface area contributed by atoms with Crippen LogP contribution >= 0.6 is 0 Å². The molecule has 0 radical (unpaired) electrons. The Morgan fingerprint density at radius 3 is 2.24 bits per heavy atom. The molecule has 3 heteroatoms. The lowest BCUT2D eigenvalue weighted by molar-refractivity contribution is -0.715. The first-order chi connectivity index (χ1) is 14.3. The van der Waals surface area contributed by atoms with Gasteiger partial charge in [0.05, 0.1) is 7.11 Å². The number of rotatable bonds is 4. The second kappa shape index (κ2) is 7.59. The van der Waals surface area contributed by atoms with Crippen molar-refractivity contribution >= 4 is 0 Å². The van der Waals surface area contributed by atoms with E-state index in [0.29, 0.717) is 6.04 Å². The third kappa shape index (κ3) is 3.23. The van der Waals surface area contributed by atoms with Gasteiger partial charge in [0.1, 0.15) is 23.7 Å². The number of aromatic nitrogens is 2. The Hall–Kier alpha value is -3.33. The van der Waals surface area contributed by atoms with Crippen LogP contribution in [0.15, 0.2) is 91.1 Å². The predicted molar refractivity (Wildman–Crippen MR) is 115 cm³/mol. The molecule has 5 rings (SSSR count). The van der Waals surface area contributed by atoms with Crippen molar-refractivity contribution in [3.8, 4) is 22.7 Å². The number of fused-ring (bicyclic) bond motifs is 1. The standard InChI is InChI=1S/C26H25N2O/c1-29-23-17-15-22(16-18-23)27-19-25(21-11-6-3-7-12-21)28-24(13-8-14-26(27)28)20-9-4-2-5-10-20/h2-7,9-12,15-19,24H,8,13-14H2,1H3/q+1. The van der Waals surface area contributed by atoms with Gasteiger partial charge in [-0.15, -0.1) is 0 Å². The molecule has 1 aliphatic rings. The SMILES string of the molecule is COc1ccc(-n2cc(-c3ccccc3)[n+]3c2CCCC3c2ccccc2)cc1. The minimum Gasteiger partial charge on any atom is -0.497 e. The lowest BCUT2D eigenvalue weighted by atomic mass is 9.96. The molecule has 0 aliphatic carbocycles. The lowest BCUT2D eigenvalue weighted by Gasteiger charge is -2.22. The van der Waals surface area contributed by atoms with Gasteiger partial charge in [-0.05, 0) is 42.7 Å². The number of ether oxygens (including phenoxy) is 1. The zero-order valence-corrected chi connectivity index (χ0v) is 16.7. The fourth-order valence-corrected chi connectivity index (χ4v) is 4.47. The number of benzene rings is 3. The maximum atomic E-state index is 5.35. The van der Waals surface area contributed by atoms with Crippen LogP contribution in [0.3, 0.4) is 0 Å². The van der Waals surface area contributed by atoms with Crippen LogP contribution < -0.4 is 9.30 Å². The molecule has 4 aromatic rings. The molecule has 1 aliphatic heterocycles. The van der Waals surface area contributed by atoms with Crippen LogP contribution in [0.4, 0.5) is 0 Å². The van der Waals surface area contributed by atoms with Gasteiger partial charge >= 0.3 is 0 Å². The van der Waals surface area contributed by atoms with Crippen LogP contribution in [0.25, 0.3) is 16.9 Å². The summed E-state index contributed by atoms with van der Waals surface area (Å²) in [5.74, 6) is 2.24. The molecule has 0 N–H and O–H groups in total. The molecule has 0 saturated heterocycles. The van der Waals surface area contributed by atoms with Gasteiger partial charge < -0.3 is 4.74 Å². The summed E-state index contributed by atoms with van der Waals surface area (Å²) in [7, 11) is 1.71. The normalized spacial score (nSPS) is 15.7. The van der Waals surface area contributed by atoms with Crippen LogP contribution in [-0.4, -0.2) is 11.7 Å². The number of methoxy groups -OCH3 is 1. The highest BCUT2D eigenvalue weighted by atomic mass is 16.5. The van der Waals surface area contributed by atoms with E-state index >= 15 is 0 Å². The average Bonchev–Trinajstić information content (AvgIpc) is 3.20.